The van der Waals surface area contributed by atoms with Crippen molar-refractivity contribution in [2.24, 2.45) is 11.1 Å². The van der Waals surface area contributed by atoms with Crippen molar-refractivity contribution in [1.29, 1.82) is 0 Å². The topological polar surface area (TPSA) is 63.4 Å². The third-order valence-electron chi connectivity index (χ3n) is 3.95. The Morgan fingerprint density at radius 3 is 2.09 bits per heavy atom. The summed E-state index contributed by atoms with van der Waals surface area (Å²) in [4.78, 5) is -1.60. The SMILES string of the molecule is CC1(C)CN(S(=O)(=O)c2c(F)c(F)cc(F)c2F)CCC1N.Cl. The van der Waals surface area contributed by atoms with Gasteiger partial charge in [-0.3, -0.25) is 0 Å². The normalized spacial score (nSPS) is 21.8. The van der Waals surface area contributed by atoms with Gasteiger partial charge in [-0.25, -0.2) is 26.0 Å². The maximum absolute atomic E-state index is 13.8. The number of halogens is 5. The van der Waals surface area contributed by atoms with Crippen LogP contribution in [-0.2, 0) is 10.0 Å². The van der Waals surface area contributed by atoms with Crippen molar-refractivity contribution in [3.05, 3.63) is 29.3 Å². The molecule has 1 aliphatic rings. The average molecular weight is 377 g/mol. The first-order valence-corrected chi connectivity index (χ1v) is 8.01. The Balaban J connectivity index is 0.00000264. The summed E-state index contributed by atoms with van der Waals surface area (Å²) in [7, 11) is -4.72. The van der Waals surface area contributed by atoms with Crippen LogP contribution in [0.25, 0.3) is 0 Å². The molecule has 0 radical (unpaired) electrons. The van der Waals surface area contributed by atoms with Crippen LogP contribution in [0.2, 0.25) is 0 Å². The fourth-order valence-corrected chi connectivity index (χ4v) is 4.19. The van der Waals surface area contributed by atoms with Crippen molar-refractivity contribution in [2.75, 3.05) is 13.1 Å². The Kier molecular flexibility index (Phi) is 5.73. The number of nitrogens with two attached hydrogens (primary N) is 1. The third kappa shape index (κ3) is 3.47. The Morgan fingerprint density at radius 1 is 1.17 bits per heavy atom. The lowest BCUT2D eigenvalue weighted by Gasteiger charge is -2.41. The molecule has 1 saturated heterocycles. The number of hydrogen-bond donors (Lipinski definition) is 1. The predicted octanol–water partition coefficient (Wildman–Crippen LogP) is 2.41. The van der Waals surface area contributed by atoms with Crippen LogP contribution < -0.4 is 5.73 Å². The van der Waals surface area contributed by atoms with Crippen molar-refractivity contribution in [2.45, 2.75) is 31.2 Å². The summed E-state index contributed by atoms with van der Waals surface area (Å²) in [5.41, 5.74) is 5.24. The van der Waals surface area contributed by atoms with Crippen molar-refractivity contribution in [3.63, 3.8) is 0 Å². The van der Waals surface area contributed by atoms with Gasteiger partial charge in [-0.2, -0.15) is 4.31 Å². The number of rotatable bonds is 2. The number of hydrogen-bond acceptors (Lipinski definition) is 3. The Morgan fingerprint density at radius 2 is 1.65 bits per heavy atom. The number of nitrogens with zero attached hydrogens (tertiary/aromatic N) is 1. The zero-order chi connectivity index (χ0) is 16.9. The molecule has 4 nitrogen and oxygen atoms in total. The summed E-state index contributed by atoms with van der Waals surface area (Å²) in [6.45, 7) is 3.23. The number of sulfonamides is 1. The van der Waals surface area contributed by atoms with Gasteiger partial charge < -0.3 is 5.73 Å². The quantitative estimate of drug-likeness (QED) is 0.637. The first-order valence-electron chi connectivity index (χ1n) is 6.57. The third-order valence-corrected chi connectivity index (χ3v) is 5.81. The highest BCUT2D eigenvalue weighted by Crippen LogP contribution is 2.33. The van der Waals surface area contributed by atoms with Gasteiger partial charge in [0.2, 0.25) is 10.0 Å². The minimum absolute atomic E-state index is 0. The van der Waals surface area contributed by atoms with E-state index in [1.54, 1.807) is 13.8 Å². The van der Waals surface area contributed by atoms with Crippen molar-refractivity contribution in [1.82, 2.24) is 4.31 Å². The summed E-state index contributed by atoms with van der Waals surface area (Å²) >= 11 is 0. The molecule has 132 valence electrons. The molecule has 0 amide bonds. The molecule has 0 aliphatic carbocycles. The minimum Gasteiger partial charge on any atom is -0.327 e. The first kappa shape index (κ1) is 20.1. The predicted molar refractivity (Wildman–Crippen MR) is 78.7 cm³/mol. The Labute approximate surface area is 138 Å². The lowest BCUT2D eigenvalue weighted by atomic mass is 9.81. The lowest BCUT2D eigenvalue weighted by molar-refractivity contribution is 0.155. The van der Waals surface area contributed by atoms with Gasteiger partial charge in [0.25, 0.3) is 0 Å². The van der Waals surface area contributed by atoms with Crippen LogP contribution in [0.1, 0.15) is 20.3 Å². The molecular formula is C13H17ClF4N2O2S. The standard InChI is InChI=1S/C13H16F4N2O2S.ClH/c1-13(2)6-19(4-3-9(13)18)22(20,21)12-10(16)7(14)5-8(15)11(12)17;/h5,9H,3-4,6,18H2,1-2H3;1H. The van der Waals surface area contributed by atoms with Crippen LogP contribution >= 0.6 is 12.4 Å². The second-order valence-electron chi connectivity index (χ2n) is 6.02. The van der Waals surface area contributed by atoms with Crippen molar-refractivity contribution < 1.29 is 26.0 Å². The number of piperidine rings is 1. The highest BCUT2D eigenvalue weighted by molar-refractivity contribution is 7.89. The van der Waals surface area contributed by atoms with E-state index in [4.69, 9.17) is 5.73 Å². The van der Waals surface area contributed by atoms with E-state index < -0.39 is 43.6 Å². The van der Waals surface area contributed by atoms with Gasteiger partial charge in [-0.05, 0) is 11.8 Å². The molecule has 23 heavy (non-hydrogen) atoms. The maximum atomic E-state index is 13.8. The summed E-state index contributed by atoms with van der Waals surface area (Å²) < 4.78 is 79.6. The van der Waals surface area contributed by atoms with Crippen LogP contribution in [0.15, 0.2) is 11.0 Å². The first-order chi connectivity index (χ1) is 9.98. The highest BCUT2D eigenvalue weighted by Gasteiger charge is 2.41. The van der Waals surface area contributed by atoms with E-state index in [2.05, 4.69) is 0 Å². The largest absolute Gasteiger partial charge is 0.327 e. The van der Waals surface area contributed by atoms with Crippen LogP contribution in [0.3, 0.4) is 0 Å². The van der Waals surface area contributed by atoms with E-state index in [1.165, 1.54) is 0 Å². The van der Waals surface area contributed by atoms with E-state index in [0.29, 0.717) is 0 Å². The number of benzene rings is 1. The molecule has 1 fully saturated rings. The monoisotopic (exact) mass is 376 g/mol. The maximum Gasteiger partial charge on any atom is 0.249 e. The molecule has 1 aromatic carbocycles. The zero-order valence-corrected chi connectivity index (χ0v) is 14.1. The highest BCUT2D eigenvalue weighted by atomic mass is 35.5. The second-order valence-corrected chi connectivity index (χ2v) is 7.89. The minimum atomic E-state index is -4.72. The molecule has 2 N–H and O–H groups in total. The van der Waals surface area contributed by atoms with E-state index >= 15 is 0 Å². The smallest absolute Gasteiger partial charge is 0.249 e. The van der Waals surface area contributed by atoms with Crippen LogP contribution in [0.4, 0.5) is 17.6 Å². The van der Waals surface area contributed by atoms with E-state index in [9.17, 15) is 26.0 Å². The molecule has 0 bridgehead atoms. The molecule has 2 rings (SSSR count). The van der Waals surface area contributed by atoms with E-state index in [1.807, 2.05) is 0 Å². The van der Waals surface area contributed by atoms with Gasteiger partial charge in [0.15, 0.2) is 28.2 Å². The molecule has 10 heteroatoms. The van der Waals surface area contributed by atoms with Crippen LogP contribution in [0, 0.1) is 28.7 Å². The van der Waals surface area contributed by atoms with Crippen LogP contribution in [-0.4, -0.2) is 31.9 Å². The fraction of sp³-hybridized carbons (Fsp3) is 0.538. The second kappa shape index (κ2) is 6.54. The molecule has 1 atom stereocenters. The van der Waals surface area contributed by atoms with Gasteiger partial charge in [0, 0.05) is 25.2 Å². The Bertz CT molecular complexity index is 686. The summed E-state index contributed by atoms with van der Waals surface area (Å²) in [5.74, 6) is -7.37. The average Bonchev–Trinajstić information content (AvgIpc) is 2.39. The molecule has 1 aromatic rings. The van der Waals surface area contributed by atoms with Crippen molar-refractivity contribution >= 4 is 22.4 Å². The van der Waals surface area contributed by atoms with Gasteiger partial charge in [-0.15, -0.1) is 12.4 Å². The molecular weight excluding hydrogens is 360 g/mol. The molecule has 1 unspecified atom stereocenters. The van der Waals surface area contributed by atoms with E-state index in [-0.39, 0.29) is 44.0 Å². The molecule has 1 aliphatic heterocycles. The lowest BCUT2D eigenvalue weighted by Crippen LogP contribution is -2.54. The van der Waals surface area contributed by atoms with Gasteiger partial charge >= 0.3 is 0 Å². The zero-order valence-electron chi connectivity index (χ0n) is 12.4. The van der Waals surface area contributed by atoms with Gasteiger partial charge in [0.05, 0.1) is 0 Å². The van der Waals surface area contributed by atoms with E-state index in [0.717, 1.165) is 4.31 Å². The fourth-order valence-electron chi connectivity index (χ4n) is 2.44. The molecule has 1 heterocycles. The summed E-state index contributed by atoms with van der Waals surface area (Å²) in [6, 6.07) is -0.322. The summed E-state index contributed by atoms with van der Waals surface area (Å²) in [5, 5.41) is 0. The summed E-state index contributed by atoms with van der Waals surface area (Å²) in [6.07, 6.45) is 0.271. The molecule has 0 aromatic heterocycles. The van der Waals surface area contributed by atoms with Crippen molar-refractivity contribution in [3.8, 4) is 0 Å². The Hall–Kier alpha value is -0.900. The molecule has 0 saturated carbocycles. The molecule has 0 spiro atoms. The van der Waals surface area contributed by atoms with Crippen LogP contribution in [0.5, 0.6) is 0 Å². The van der Waals surface area contributed by atoms with Gasteiger partial charge in [-0.1, -0.05) is 13.8 Å². The van der Waals surface area contributed by atoms with Gasteiger partial charge in [0.1, 0.15) is 0 Å².